The number of nitrogens with one attached hydrogen (secondary N) is 1. The Bertz CT molecular complexity index is 952. The van der Waals surface area contributed by atoms with Crippen LogP contribution in [0.4, 0.5) is 5.69 Å². The highest BCUT2D eigenvalue weighted by molar-refractivity contribution is 7.92. The molecular weight excluding hydrogens is 360 g/mol. The molecule has 0 fully saturated rings. The Morgan fingerprint density at radius 3 is 2.30 bits per heavy atom. The summed E-state index contributed by atoms with van der Waals surface area (Å²) in [5.74, 6) is -0.341. The molecule has 5 nitrogen and oxygen atoms in total. The maximum absolute atomic E-state index is 12.6. The highest BCUT2D eigenvalue weighted by atomic mass is 32.2. The van der Waals surface area contributed by atoms with Crippen molar-refractivity contribution in [3.63, 3.8) is 0 Å². The molecule has 146 valence electrons. The topological polar surface area (TPSA) is 66.5 Å². The predicted molar refractivity (Wildman–Crippen MR) is 111 cm³/mol. The van der Waals surface area contributed by atoms with E-state index < -0.39 is 10.0 Å². The first-order valence-electron chi connectivity index (χ1n) is 8.91. The number of hydrogen-bond acceptors (Lipinski definition) is 3. The summed E-state index contributed by atoms with van der Waals surface area (Å²) in [6.07, 6.45) is 1.12. The number of benzene rings is 2. The molecular formula is C21H28N2O3S. The number of anilines is 1. The van der Waals surface area contributed by atoms with Gasteiger partial charge in [0.05, 0.1) is 18.0 Å². The monoisotopic (exact) mass is 388 g/mol. The van der Waals surface area contributed by atoms with Crippen molar-refractivity contribution in [3.8, 4) is 0 Å². The number of amides is 1. The third-order valence-electron chi connectivity index (χ3n) is 4.94. The summed E-state index contributed by atoms with van der Waals surface area (Å²) in [6.45, 7) is 9.48. The van der Waals surface area contributed by atoms with Crippen LogP contribution in [0.25, 0.3) is 0 Å². The molecule has 1 N–H and O–H groups in total. The number of nitrogens with zero attached hydrogens (tertiary/aromatic N) is 1. The maximum Gasteiger partial charge on any atom is 0.241 e. The second kappa shape index (κ2) is 8.13. The van der Waals surface area contributed by atoms with E-state index in [-0.39, 0.29) is 18.5 Å². The normalized spacial score (nSPS) is 12.5. The minimum absolute atomic E-state index is 0.211. The molecule has 0 aliphatic carbocycles. The van der Waals surface area contributed by atoms with E-state index >= 15 is 0 Å². The number of carbonyl (C=O) groups is 1. The Hall–Kier alpha value is -2.34. The van der Waals surface area contributed by atoms with Crippen molar-refractivity contribution in [1.29, 1.82) is 0 Å². The SMILES string of the molecule is Cc1ccc(C(C)NC(=O)CN(c2cccc(C)c2C)S(C)(=O)=O)cc1C. The van der Waals surface area contributed by atoms with Gasteiger partial charge in [0, 0.05) is 0 Å². The fourth-order valence-corrected chi connectivity index (χ4v) is 3.83. The fraction of sp³-hybridized carbons (Fsp3) is 0.381. The van der Waals surface area contributed by atoms with Gasteiger partial charge in [-0.05, 0) is 68.5 Å². The number of sulfonamides is 1. The van der Waals surface area contributed by atoms with Gasteiger partial charge in [0.2, 0.25) is 15.9 Å². The summed E-state index contributed by atoms with van der Waals surface area (Å²) in [5.41, 5.74) is 5.69. The average Bonchev–Trinajstić information content (AvgIpc) is 2.57. The minimum Gasteiger partial charge on any atom is -0.348 e. The van der Waals surface area contributed by atoms with Crippen LogP contribution in [0.1, 0.15) is 40.8 Å². The molecule has 2 aromatic rings. The van der Waals surface area contributed by atoms with Crippen LogP contribution in [0.5, 0.6) is 0 Å². The molecule has 1 amide bonds. The standard InChI is InChI=1S/C21H28N2O3S/c1-14-10-11-19(12-16(14)3)18(5)22-21(24)13-23(27(6,25)26)20-9-7-8-15(2)17(20)4/h7-12,18H,13H2,1-6H3,(H,22,24). The average molecular weight is 389 g/mol. The second-order valence-electron chi connectivity index (χ2n) is 7.12. The van der Waals surface area contributed by atoms with Gasteiger partial charge in [-0.3, -0.25) is 9.10 Å². The molecule has 0 radical (unpaired) electrons. The van der Waals surface area contributed by atoms with Gasteiger partial charge in [0.1, 0.15) is 6.54 Å². The van der Waals surface area contributed by atoms with Crippen molar-refractivity contribution in [1.82, 2.24) is 5.32 Å². The smallest absolute Gasteiger partial charge is 0.241 e. The molecule has 1 atom stereocenters. The van der Waals surface area contributed by atoms with Crippen LogP contribution < -0.4 is 9.62 Å². The van der Waals surface area contributed by atoms with Crippen molar-refractivity contribution in [3.05, 3.63) is 64.2 Å². The van der Waals surface area contributed by atoms with E-state index in [1.807, 2.05) is 58.9 Å². The Labute approximate surface area is 162 Å². The van der Waals surface area contributed by atoms with Crippen molar-refractivity contribution in [2.45, 2.75) is 40.7 Å². The summed E-state index contributed by atoms with van der Waals surface area (Å²) in [4.78, 5) is 12.6. The van der Waals surface area contributed by atoms with E-state index in [1.165, 1.54) is 5.56 Å². The van der Waals surface area contributed by atoms with Gasteiger partial charge in [0.15, 0.2) is 0 Å². The lowest BCUT2D eigenvalue weighted by Gasteiger charge is -2.25. The van der Waals surface area contributed by atoms with E-state index in [1.54, 1.807) is 12.1 Å². The van der Waals surface area contributed by atoms with Gasteiger partial charge < -0.3 is 5.32 Å². The molecule has 1 unspecified atom stereocenters. The molecule has 27 heavy (non-hydrogen) atoms. The predicted octanol–water partition coefficient (Wildman–Crippen LogP) is 3.56. The first kappa shape index (κ1) is 21.0. The molecule has 0 saturated heterocycles. The van der Waals surface area contributed by atoms with Crippen molar-refractivity contribution in [2.24, 2.45) is 0 Å². The first-order chi connectivity index (χ1) is 12.5. The first-order valence-corrected chi connectivity index (χ1v) is 10.8. The number of carbonyl (C=O) groups excluding carboxylic acids is 1. The van der Waals surface area contributed by atoms with Gasteiger partial charge in [-0.15, -0.1) is 0 Å². The second-order valence-corrected chi connectivity index (χ2v) is 9.03. The largest absolute Gasteiger partial charge is 0.348 e. The minimum atomic E-state index is -3.59. The molecule has 2 rings (SSSR count). The maximum atomic E-state index is 12.6. The Kier molecular flexibility index (Phi) is 6.31. The molecule has 0 aliphatic heterocycles. The zero-order chi connectivity index (χ0) is 20.4. The van der Waals surface area contributed by atoms with Gasteiger partial charge >= 0.3 is 0 Å². The summed E-state index contributed by atoms with van der Waals surface area (Å²) in [7, 11) is -3.59. The van der Waals surface area contributed by atoms with E-state index in [9.17, 15) is 13.2 Å². The van der Waals surface area contributed by atoms with Crippen molar-refractivity contribution < 1.29 is 13.2 Å². The van der Waals surface area contributed by atoms with Crippen molar-refractivity contribution >= 4 is 21.6 Å². The van der Waals surface area contributed by atoms with Crippen LogP contribution >= 0.6 is 0 Å². The van der Waals surface area contributed by atoms with Crippen LogP contribution in [0.15, 0.2) is 36.4 Å². The molecule has 0 heterocycles. The van der Waals surface area contributed by atoms with E-state index in [0.717, 1.165) is 32.8 Å². The lowest BCUT2D eigenvalue weighted by atomic mass is 10.0. The van der Waals surface area contributed by atoms with E-state index in [0.29, 0.717) is 5.69 Å². The molecule has 6 heteroatoms. The quantitative estimate of drug-likeness (QED) is 0.823. The molecule has 0 spiro atoms. The highest BCUT2D eigenvalue weighted by Gasteiger charge is 2.23. The zero-order valence-electron chi connectivity index (χ0n) is 16.8. The molecule has 0 aliphatic rings. The lowest BCUT2D eigenvalue weighted by Crippen LogP contribution is -2.41. The zero-order valence-corrected chi connectivity index (χ0v) is 17.6. The summed E-state index contributed by atoms with van der Waals surface area (Å²) in [6, 6.07) is 11.3. The van der Waals surface area contributed by atoms with Crippen LogP contribution in [0, 0.1) is 27.7 Å². The van der Waals surface area contributed by atoms with E-state index in [4.69, 9.17) is 0 Å². The Morgan fingerprint density at radius 1 is 1.04 bits per heavy atom. The summed E-state index contributed by atoms with van der Waals surface area (Å²) >= 11 is 0. The van der Waals surface area contributed by atoms with Gasteiger partial charge in [0.25, 0.3) is 0 Å². The van der Waals surface area contributed by atoms with Crippen LogP contribution in [0.2, 0.25) is 0 Å². The third kappa shape index (κ3) is 5.10. The summed E-state index contributed by atoms with van der Waals surface area (Å²) < 4.78 is 25.8. The molecule has 0 saturated carbocycles. The molecule has 0 bridgehead atoms. The lowest BCUT2D eigenvalue weighted by molar-refractivity contribution is -0.120. The van der Waals surface area contributed by atoms with Gasteiger partial charge in [-0.1, -0.05) is 30.3 Å². The Balaban J connectivity index is 2.21. The van der Waals surface area contributed by atoms with Gasteiger partial charge in [-0.2, -0.15) is 0 Å². The fourth-order valence-electron chi connectivity index (χ4n) is 2.92. The summed E-state index contributed by atoms with van der Waals surface area (Å²) in [5, 5.41) is 2.90. The van der Waals surface area contributed by atoms with Crippen molar-refractivity contribution in [2.75, 3.05) is 17.1 Å². The van der Waals surface area contributed by atoms with Crippen LogP contribution in [0.3, 0.4) is 0 Å². The Morgan fingerprint density at radius 2 is 1.70 bits per heavy atom. The number of aryl methyl sites for hydroxylation is 3. The van der Waals surface area contributed by atoms with Crippen LogP contribution in [-0.2, 0) is 14.8 Å². The van der Waals surface area contributed by atoms with E-state index in [2.05, 4.69) is 5.32 Å². The highest BCUT2D eigenvalue weighted by Crippen LogP contribution is 2.25. The number of hydrogen-bond donors (Lipinski definition) is 1. The molecule has 2 aromatic carbocycles. The number of rotatable bonds is 6. The van der Waals surface area contributed by atoms with Crippen LogP contribution in [-0.4, -0.2) is 27.1 Å². The third-order valence-corrected chi connectivity index (χ3v) is 6.07. The van der Waals surface area contributed by atoms with Gasteiger partial charge in [-0.25, -0.2) is 8.42 Å². The molecule has 0 aromatic heterocycles.